The van der Waals surface area contributed by atoms with E-state index in [1.54, 1.807) is 30.3 Å². The van der Waals surface area contributed by atoms with Crippen molar-refractivity contribution in [3.05, 3.63) is 58.9 Å². The largest absolute Gasteiger partial charge is 0.495 e. The van der Waals surface area contributed by atoms with E-state index in [1.165, 1.54) is 19.2 Å². The molecule has 0 aliphatic rings. The molecule has 0 radical (unpaired) electrons. The molecule has 5 nitrogen and oxygen atoms in total. The van der Waals surface area contributed by atoms with Crippen molar-refractivity contribution in [2.75, 3.05) is 19.0 Å². The Morgan fingerprint density at radius 2 is 1.92 bits per heavy atom. The Morgan fingerprint density at radius 3 is 2.62 bits per heavy atom. The smallest absolute Gasteiger partial charge is 0.313 e. The van der Waals surface area contributed by atoms with E-state index in [0.29, 0.717) is 22.0 Å². The fraction of sp³-hybridized carbons (Fsp3) is 0.176. The van der Waals surface area contributed by atoms with Crippen molar-refractivity contribution in [3.8, 4) is 5.75 Å². The molecule has 2 amide bonds. The monoisotopic (exact) mass is 350 g/mol. The number of halogens is 2. The van der Waals surface area contributed by atoms with Gasteiger partial charge in [-0.15, -0.1) is 0 Å². The zero-order chi connectivity index (χ0) is 17.5. The van der Waals surface area contributed by atoms with Gasteiger partial charge in [0.15, 0.2) is 0 Å². The number of ether oxygens (including phenoxy) is 1. The second-order valence-corrected chi connectivity index (χ2v) is 5.33. The average Bonchev–Trinajstić information content (AvgIpc) is 2.56. The Kier molecular flexibility index (Phi) is 6.14. The van der Waals surface area contributed by atoms with Gasteiger partial charge in [0, 0.05) is 11.6 Å². The van der Waals surface area contributed by atoms with E-state index >= 15 is 0 Å². The summed E-state index contributed by atoms with van der Waals surface area (Å²) in [5.41, 5.74) is 0.758. The summed E-state index contributed by atoms with van der Waals surface area (Å²) in [5.74, 6) is -1.65. The minimum atomic E-state index is -0.857. The third kappa shape index (κ3) is 4.70. The summed E-state index contributed by atoms with van der Waals surface area (Å²) in [6, 6.07) is 10.9. The number of rotatable bonds is 5. The Bertz CT molecular complexity index is 752. The third-order valence-electron chi connectivity index (χ3n) is 3.25. The molecular weight excluding hydrogens is 335 g/mol. The van der Waals surface area contributed by atoms with Crippen LogP contribution < -0.4 is 15.4 Å². The van der Waals surface area contributed by atoms with Gasteiger partial charge in [0.05, 0.1) is 12.8 Å². The van der Waals surface area contributed by atoms with Gasteiger partial charge in [0.1, 0.15) is 11.6 Å². The predicted molar refractivity (Wildman–Crippen MR) is 89.7 cm³/mol. The van der Waals surface area contributed by atoms with E-state index in [1.807, 2.05) is 0 Å². The molecule has 0 saturated carbocycles. The molecule has 2 N–H and O–H groups in total. The van der Waals surface area contributed by atoms with Gasteiger partial charge in [-0.25, -0.2) is 4.39 Å². The van der Waals surface area contributed by atoms with Crippen molar-refractivity contribution in [2.24, 2.45) is 0 Å². The van der Waals surface area contributed by atoms with Gasteiger partial charge in [0.2, 0.25) is 0 Å². The van der Waals surface area contributed by atoms with E-state index in [9.17, 15) is 14.0 Å². The number of anilines is 1. The summed E-state index contributed by atoms with van der Waals surface area (Å²) in [5, 5.41) is 5.26. The Labute approximate surface area is 143 Å². The fourth-order valence-electron chi connectivity index (χ4n) is 2.05. The quantitative estimate of drug-likeness (QED) is 0.815. The van der Waals surface area contributed by atoms with E-state index in [2.05, 4.69) is 10.6 Å². The molecule has 0 aliphatic heterocycles. The summed E-state index contributed by atoms with van der Waals surface area (Å²) in [6.07, 6.45) is 0.284. The normalized spacial score (nSPS) is 10.1. The minimum Gasteiger partial charge on any atom is -0.495 e. The SMILES string of the molecule is COc1ccc(Cl)cc1NC(=O)C(=O)NCCc1ccccc1F. The number of hydrogen-bond donors (Lipinski definition) is 2. The van der Waals surface area contributed by atoms with Crippen LogP contribution in [0.15, 0.2) is 42.5 Å². The first-order valence-corrected chi connectivity index (χ1v) is 7.55. The number of methoxy groups -OCH3 is 1. The standard InChI is InChI=1S/C17H16ClFN2O3/c1-24-15-7-6-12(18)10-14(15)21-17(23)16(22)20-9-8-11-4-2-3-5-13(11)19/h2-7,10H,8-9H2,1H3,(H,20,22)(H,21,23). The molecule has 126 valence electrons. The summed E-state index contributed by atoms with van der Waals surface area (Å²) < 4.78 is 18.5. The molecule has 2 aromatic rings. The predicted octanol–water partition coefficient (Wildman–Crippen LogP) is 2.79. The number of benzene rings is 2. The first-order valence-electron chi connectivity index (χ1n) is 7.17. The Hall–Kier alpha value is -2.60. The van der Waals surface area contributed by atoms with Crippen LogP contribution in [-0.4, -0.2) is 25.5 Å². The maximum absolute atomic E-state index is 13.5. The molecule has 7 heteroatoms. The first kappa shape index (κ1) is 17.7. The van der Waals surface area contributed by atoms with Gasteiger partial charge in [-0.3, -0.25) is 9.59 Å². The molecule has 24 heavy (non-hydrogen) atoms. The molecule has 0 saturated heterocycles. The van der Waals surface area contributed by atoms with E-state index in [0.717, 1.165) is 0 Å². The van der Waals surface area contributed by atoms with E-state index in [4.69, 9.17) is 16.3 Å². The molecule has 2 aromatic carbocycles. The van der Waals surface area contributed by atoms with Crippen LogP contribution in [0.5, 0.6) is 5.75 Å². The minimum absolute atomic E-state index is 0.139. The van der Waals surface area contributed by atoms with Gasteiger partial charge >= 0.3 is 11.8 Å². The maximum Gasteiger partial charge on any atom is 0.313 e. The highest BCUT2D eigenvalue weighted by atomic mass is 35.5. The van der Waals surface area contributed by atoms with Crippen molar-refractivity contribution in [1.29, 1.82) is 0 Å². The van der Waals surface area contributed by atoms with Crippen LogP contribution in [0.4, 0.5) is 10.1 Å². The molecule has 0 bridgehead atoms. The number of hydrogen-bond acceptors (Lipinski definition) is 3. The summed E-state index contributed by atoms with van der Waals surface area (Å²) in [6.45, 7) is 0.139. The molecule has 0 fully saturated rings. The maximum atomic E-state index is 13.5. The first-order chi connectivity index (χ1) is 11.5. The zero-order valence-electron chi connectivity index (χ0n) is 12.9. The summed E-state index contributed by atoms with van der Waals surface area (Å²) in [7, 11) is 1.44. The molecule has 0 spiro atoms. The third-order valence-corrected chi connectivity index (χ3v) is 3.49. The van der Waals surface area contributed by atoms with E-state index < -0.39 is 11.8 Å². The highest BCUT2D eigenvalue weighted by molar-refractivity contribution is 6.40. The van der Waals surface area contributed by atoms with Gasteiger partial charge in [-0.2, -0.15) is 0 Å². The molecule has 0 heterocycles. The van der Waals surface area contributed by atoms with Crippen molar-refractivity contribution in [3.63, 3.8) is 0 Å². The second-order valence-electron chi connectivity index (χ2n) is 4.90. The van der Waals surface area contributed by atoms with Crippen molar-refractivity contribution < 1.29 is 18.7 Å². The van der Waals surface area contributed by atoms with Gasteiger partial charge < -0.3 is 15.4 Å². The van der Waals surface area contributed by atoms with Crippen LogP contribution in [0, 0.1) is 5.82 Å². The van der Waals surface area contributed by atoms with Crippen molar-refractivity contribution >= 4 is 29.1 Å². The fourth-order valence-corrected chi connectivity index (χ4v) is 2.22. The number of nitrogens with one attached hydrogen (secondary N) is 2. The topological polar surface area (TPSA) is 67.4 Å². The lowest BCUT2D eigenvalue weighted by Gasteiger charge is -2.10. The van der Waals surface area contributed by atoms with Gasteiger partial charge in [0.25, 0.3) is 0 Å². The number of carbonyl (C=O) groups excluding carboxylic acids is 2. The van der Waals surface area contributed by atoms with Crippen molar-refractivity contribution in [1.82, 2.24) is 5.32 Å². The van der Waals surface area contributed by atoms with Crippen LogP contribution in [0.25, 0.3) is 0 Å². The highest BCUT2D eigenvalue weighted by Crippen LogP contribution is 2.27. The van der Waals surface area contributed by atoms with Crippen LogP contribution >= 0.6 is 11.6 Å². The second kappa shape index (κ2) is 8.31. The van der Waals surface area contributed by atoms with Crippen LogP contribution in [0.1, 0.15) is 5.56 Å². The van der Waals surface area contributed by atoms with Gasteiger partial charge in [-0.05, 0) is 36.2 Å². The van der Waals surface area contributed by atoms with Crippen molar-refractivity contribution in [2.45, 2.75) is 6.42 Å². The van der Waals surface area contributed by atoms with Crippen LogP contribution in [0.2, 0.25) is 5.02 Å². The molecule has 0 aliphatic carbocycles. The summed E-state index contributed by atoms with van der Waals surface area (Å²) >= 11 is 5.86. The molecule has 0 unspecified atom stereocenters. The van der Waals surface area contributed by atoms with Crippen LogP contribution in [-0.2, 0) is 16.0 Å². The van der Waals surface area contributed by atoms with Gasteiger partial charge in [-0.1, -0.05) is 29.8 Å². The summed E-state index contributed by atoms with van der Waals surface area (Å²) in [4.78, 5) is 23.7. The molecule has 0 atom stereocenters. The lowest BCUT2D eigenvalue weighted by molar-refractivity contribution is -0.136. The lowest BCUT2D eigenvalue weighted by Crippen LogP contribution is -2.36. The molecule has 0 aromatic heterocycles. The zero-order valence-corrected chi connectivity index (χ0v) is 13.7. The number of carbonyl (C=O) groups is 2. The number of amides is 2. The highest BCUT2D eigenvalue weighted by Gasteiger charge is 2.16. The Morgan fingerprint density at radius 1 is 1.17 bits per heavy atom. The van der Waals surface area contributed by atoms with Crippen LogP contribution in [0.3, 0.4) is 0 Å². The molecular formula is C17H16ClFN2O3. The molecule has 2 rings (SSSR count). The average molecular weight is 351 g/mol. The Balaban J connectivity index is 1.90. The lowest BCUT2D eigenvalue weighted by atomic mass is 10.1. The van der Waals surface area contributed by atoms with E-state index in [-0.39, 0.29) is 18.8 Å².